The molecule has 0 saturated heterocycles. The first-order valence-corrected chi connectivity index (χ1v) is 7.81. The van der Waals surface area contributed by atoms with Gasteiger partial charge in [-0.3, -0.25) is 0 Å². The molecule has 2 aliphatic rings. The number of hydrogen-bond acceptors (Lipinski definition) is 3. The highest BCUT2D eigenvalue weighted by atomic mass is 32.2. The minimum atomic E-state index is -2.78. The summed E-state index contributed by atoms with van der Waals surface area (Å²) in [5.41, 5.74) is 0.579. The van der Waals surface area contributed by atoms with Crippen molar-refractivity contribution >= 4 is 9.84 Å². The molecule has 0 aromatic carbocycles. The molecule has 0 radical (unpaired) electrons. The van der Waals surface area contributed by atoms with Gasteiger partial charge < -0.3 is 5.32 Å². The Morgan fingerprint density at radius 2 is 2.00 bits per heavy atom. The minimum Gasteiger partial charge on any atom is -0.315 e. The van der Waals surface area contributed by atoms with E-state index in [4.69, 9.17) is 0 Å². The second-order valence-electron chi connectivity index (χ2n) is 5.05. The maximum Gasteiger partial charge on any atom is 0.151 e. The third kappa shape index (κ3) is 2.94. The first-order chi connectivity index (χ1) is 7.08. The third-order valence-corrected chi connectivity index (χ3v) is 5.55. The highest BCUT2D eigenvalue weighted by molar-refractivity contribution is 7.91. The predicted octanol–water partition coefficient (Wildman–Crippen LogP) is 1.20. The van der Waals surface area contributed by atoms with Crippen LogP contribution in [0.15, 0.2) is 0 Å². The number of sulfone groups is 1. The van der Waals surface area contributed by atoms with Gasteiger partial charge in [-0.05, 0) is 37.0 Å². The Kier molecular flexibility index (Phi) is 3.08. The number of rotatable bonds is 7. The summed E-state index contributed by atoms with van der Waals surface area (Å²) in [5, 5.41) is 3.32. The van der Waals surface area contributed by atoms with Gasteiger partial charge in [0.05, 0.1) is 5.75 Å². The summed E-state index contributed by atoms with van der Waals surface area (Å²) in [6.45, 7) is 3.38. The van der Waals surface area contributed by atoms with Crippen molar-refractivity contribution in [1.29, 1.82) is 0 Å². The molecule has 0 bridgehead atoms. The van der Waals surface area contributed by atoms with E-state index in [1.807, 2.05) is 0 Å². The van der Waals surface area contributed by atoms with Crippen molar-refractivity contribution in [3.63, 3.8) is 0 Å². The Bertz CT molecular complexity index is 315. The molecule has 88 valence electrons. The van der Waals surface area contributed by atoms with Crippen LogP contribution >= 0.6 is 0 Å². The smallest absolute Gasteiger partial charge is 0.151 e. The zero-order chi connectivity index (χ0) is 10.9. The third-order valence-electron chi connectivity index (χ3n) is 3.84. The van der Waals surface area contributed by atoms with E-state index >= 15 is 0 Å². The second kappa shape index (κ2) is 4.06. The lowest BCUT2D eigenvalue weighted by Gasteiger charge is -2.14. The average Bonchev–Trinajstić information content (AvgIpc) is 3.01. The summed E-state index contributed by atoms with van der Waals surface area (Å²) >= 11 is 0. The highest BCUT2D eigenvalue weighted by Gasteiger charge is 2.53. The van der Waals surface area contributed by atoms with Crippen LogP contribution in [-0.4, -0.2) is 33.0 Å². The van der Waals surface area contributed by atoms with Crippen molar-refractivity contribution in [2.75, 3.05) is 24.6 Å². The fraction of sp³-hybridized carbons (Fsp3) is 1.00. The van der Waals surface area contributed by atoms with Crippen LogP contribution in [0.3, 0.4) is 0 Å². The van der Waals surface area contributed by atoms with Crippen LogP contribution in [0.25, 0.3) is 0 Å². The van der Waals surface area contributed by atoms with Gasteiger partial charge in [0.15, 0.2) is 9.84 Å². The van der Waals surface area contributed by atoms with Gasteiger partial charge in [-0.2, -0.15) is 0 Å². The molecule has 0 aromatic heterocycles. The molecule has 2 saturated carbocycles. The van der Waals surface area contributed by atoms with Crippen LogP contribution in [0, 0.1) is 11.3 Å². The van der Waals surface area contributed by atoms with Gasteiger partial charge >= 0.3 is 0 Å². The Labute approximate surface area is 92.6 Å². The molecule has 2 aliphatic carbocycles. The van der Waals surface area contributed by atoms with E-state index in [1.54, 1.807) is 6.92 Å². The maximum atomic E-state index is 11.2. The lowest BCUT2D eigenvalue weighted by molar-refractivity contribution is 0.409. The first kappa shape index (κ1) is 11.4. The molecule has 0 aliphatic heterocycles. The molecule has 0 unspecified atom stereocenters. The average molecular weight is 231 g/mol. The molecular formula is C11H21NO2S. The Morgan fingerprint density at radius 1 is 1.33 bits per heavy atom. The van der Waals surface area contributed by atoms with E-state index in [0.29, 0.717) is 17.7 Å². The zero-order valence-corrected chi connectivity index (χ0v) is 10.3. The van der Waals surface area contributed by atoms with Gasteiger partial charge in [-0.25, -0.2) is 8.42 Å². The van der Waals surface area contributed by atoms with Gasteiger partial charge in [0.2, 0.25) is 0 Å². The van der Waals surface area contributed by atoms with Crippen LogP contribution in [0.4, 0.5) is 0 Å². The summed E-state index contributed by atoms with van der Waals surface area (Å²) in [4.78, 5) is 0. The van der Waals surface area contributed by atoms with E-state index in [1.165, 1.54) is 25.7 Å². The lowest BCUT2D eigenvalue weighted by atomic mass is 10.0. The fourth-order valence-electron chi connectivity index (χ4n) is 2.29. The van der Waals surface area contributed by atoms with Crippen LogP contribution in [0.1, 0.15) is 32.6 Å². The topological polar surface area (TPSA) is 46.2 Å². The molecular weight excluding hydrogens is 210 g/mol. The van der Waals surface area contributed by atoms with Gasteiger partial charge in [-0.15, -0.1) is 0 Å². The van der Waals surface area contributed by atoms with Crippen molar-refractivity contribution in [3.8, 4) is 0 Å². The summed E-state index contributed by atoms with van der Waals surface area (Å²) in [6.07, 6.45) is 5.50. The SMILES string of the molecule is CCS(=O)(=O)CCNCC1(C2CC2)CC1. The van der Waals surface area contributed by atoms with Crippen LogP contribution in [0.5, 0.6) is 0 Å². The molecule has 1 N–H and O–H groups in total. The van der Waals surface area contributed by atoms with Crippen molar-refractivity contribution in [1.82, 2.24) is 5.32 Å². The molecule has 0 atom stereocenters. The first-order valence-electron chi connectivity index (χ1n) is 5.99. The molecule has 0 aromatic rings. The Hall–Kier alpha value is -0.0900. The summed E-state index contributed by atoms with van der Waals surface area (Å²) < 4.78 is 22.5. The normalized spacial score (nSPS) is 24.1. The molecule has 0 heterocycles. The van der Waals surface area contributed by atoms with Gasteiger partial charge in [0.1, 0.15) is 0 Å². The summed E-state index contributed by atoms with van der Waals surface area (Å²) in [6, 6.07) is 0. The summed E-state index contributed by atoms with van der Waals surface area (Å²) in [5.74, 6) is 1.51. The minimum absolute atomic E-state index is 0.266. The van der Waals surface area contributed by atoms with E-state index < -0.39 is 9.84 Å². The highest BCUT2D eigenvalue weighted by Crippen LogP contribution is 2.60. The largest absolute Gasteiger partial charge is 0.315 e. The van der Waals surface area contributed by atoms with Gasteiger partial charge in [0.25, 0.3) is 0 Å². The van der Waals surface area contributed by atoms with Crippen LogP contribution < -0.4 is 5.32 Å². The molecule has 0 amide bonds. The van der Waals surface area contributed by atoms with Crippen molar-refractivity contribution in [3.05, 3.63) is 0 Å². The fourth-order valence-corrected chi connectivity index (χ4v) is 3.04. The molecule has 3 nitrogen and oxygen atoms in total. The van der Waals surface area contributed by atoms with Crippen molar-refractivity contribution in [2.45, 2.75) is 32.6 Å². The molecule has 0 spiro atoms. The van der Waals surface area contributed by atoms with Crippen LogP contribution in [-0.2, 0) is 9.84 Å². The van der Waals surface area contributed by atoms with Crippen molar-refractivity contribution < 1.29 is 8.42 Å². The van der Waals surface area contributed by atoms with E-state index in [-0.39, 0.29) is 5.75 Å². The molecule has 15 heavy (non-hydrogen) atoms. The number of nitrogens with one attached hydrogen (secondary N) is 1. The monoisotopic (exact) mass is 231 g/mol. The maximum absolute atomic E-state index is 11.2. The van der Waals surface area contributed by atoms with Gasteiger partial charge in [-0.1, -0.05) is 6.92 Å². The Morgan fingerprint density at radius 3 is 2.47 bits per heavy atom. The molecule has 2 fully saturated rings. The van der Waals surface area contributed by atoms with Gasteiger partial charge in [0, 0.05) is 18.8 Å². The van der Waals surface area contributed by atoms with E-state index in [9.17, 15) is 8.42 Å². The van der Waals surface area contributed by atoms with E-state index in [2.05, 4.69) is 5.32 Å². The zero-order valence-electron chi connectivity index (χ0n) is 9.46. The number of hydrogen-bond donors (Lipinski definition) is 1. The predicted molar refractivity (Wildman–Crippen MR) is 61.6 cm³/mol. The summed E-state index contributed by atoms with van der Waals surface area (Å²) in [7, 11) is -2.78. The van der Waals surface area contributed by atoms with Crippen molar-refractivity contribution in [2.24, 2.45) is 11.3 Å². The molecule has 2 rings (SSSR count). The molecule has 4 heteroatoms. The van der Waals surface area contributed by atoms with E-state index in [0.717, 1.165) is 12.5 Å². The Balaban J connectivity index is 1.63. The van der Waals surface area contributed by atoms with Crippen LogP contribution in [0.2, 0.25) is 0 Å². The quantitative estimate of drug-likeness (QED) is 0.670. The second-order valence-corrected chi connectivity index (χ2v) is 7.52. The lowest BCUT2D eigenvalue weighted by Crippen LogP contribution is -2.30. The standard InChI is InChI=1S/C11H21NO2S/c1-2-15(13,14)8-7-12-9-11(5-6-11)10-3-4-10/h10,12H,2-9H2,1H3.